The number of amides is 1. The van der Waals surface area contributed by atoms with Gasteiger partial charge in [-0.05, 0) is 26.2 Å². The molecule has 0 aromatic carbocycles. The van der Waals surface area contributed by atoms with E-state index in [9.17, 15) is 9.59 Å². The van der Waals surface area contributed by atoms with Gasteiger partial charge in [-0.1, -0.05) is 0 Å². The van der Waals surface area contributed by atoms with E-state index in [2.05, 4.69) is 5.32 Å². The molecule has 1 saturated heterocycles. The minimum Gasteiger partial charge on any atom is -0.481 e. The molecule has 0 saturated carbocycles. The number of carboxylic acid groups (broad SMARTS) is 1. The lowest BCUT2D eigenvalue weighted by Crippen LogP contribution is -2.35. The molecule has 2 atom stereocenters. The predicted octanol–water partition coefficient (Wildman–Crippen LogP) is 0.638. The summed E-state index contributed by atoms with van der Waals surface area (Å²) in [5.41, 5.74) is 0. The molecule has 0 aliphatic carbocycles. The minimum atomic E-state index is -0.908. The van der Waals surface area contributed by atoms with Gasteiger partial charge >= 0.3 is 5.97 Å². The van der Waals surface area contributed by atoms with E-state index in [4.69, 9.17) is 9.84 Å². The second-order valence-corrected chi connectivity index (χ2v) is 4.49. The number of rotatable bonds is 5. The Kier molecular flexibility index (Phi) is 4.73. The summed E-state index contributed by atoms with van der Waals surface area (Å²) >= 11 is 0. The molecule has 92 valence electrons. The van der Waals surface area contributed by atoms with E-state index < -0.39 is 11.9 Å². The first-order valence-corrected chi connectivity index (χ1v) is 5.60. The van der Waals surface area contributed by atoms with Gasteiger partial charge in [-0.3, -0.25) is 9.59 Å². The van der Waals surface area contributed by atoms with E-state index >= 15 is 0 Å². The number of ether oxygens (including phenoxy) is 1. The van der Waals surface area contributed by atoms with Gasteiger partial charge in [-0.25, -0.2) is 0 Å². The van der Waals surface area contributed by atoms with Crippen molar-refractivity contribution >= 4 is 11.9 Å². The van der Waals surface area contributed by atoms with Crippen molar-refractivity contribution in [2.75, 3.05) is 13.2 Å². The van der Waals surface area contributed by atoms with Crippen LogP contribution >= 0.6 is 0 Å². The van der Waals surface area contributed by atoms with Gasteiger partial charge < -0.3 is 15.2 Å². The molecule has 0 bridgehead atoms. The molecule has 0 aromatic rings. The molecule has 1 amide bonds. The standard InChI is InChI=1S/C11H19NO4/c1-7(2)12-10(13)5-9(11(14)15)8-3-4-16-6-8/h7-9H,3-6H2,1-2H3,(H,12,13)(H,14,15). The van der Waals surface area contributed by atoms with E-state index in [1.807, 2.05) is 13.8 Å². The van der Waals surface area contributed by atoms with Crippen LogP contribution in [-0.4, -0.2) is 36.2 Å². The monoisotopic (exact) mass is 229 g/mol. The molecular formula is C11H19NO4. The molecule has 1 fully saturated rings. The highest BCUT2D eigenvalue weighted by atomic mass is 16.5. The quantitative estimate of drug-likeness (QED) is 0.725. The van der Waals surface area contributed by atoms with Gasteiger partial charge in [-0.15, -0.1) is 0 Å². The Morgan fingerprint density at radius 1 is 1.50 bits per heavy atom. The summed E-state index contributed by atoms with van der Waals surface area (Å²) in [5, 5.41) is 11.8. The Morgan fingerprint density at radius 2 is 2.19 bits per heavy atom. The van der Waals surface area contributed by atoms with E-state index in [0.717, 1.165) is 6.42 Å². The topological polar surface area (TPSA) is 75.6 Å². The summed E-state index contributed by atoms with van der Waals surface area (Å²) in [6, 6.07) is 0.0433. The molecule has 0 aromatic heterocycles. The Labute approximate surface area is 95.2 Å². The number of hydrogen-bond acceptors (Lipinski definition) is 3. The third-order valence-electron chi connectivity index (χ3n) is 2.71. The van der Waals surface area contributed by atoms with Crippen LogP contribution in [0.1, 0.15) is 26.7 Å². The summed E-state index contributed by atoms with van der Waals surface area (Å²) in [7, 11) is 0. The zero-order chi connectivity index (χ0) is 12.1. The number of hydrogen-bond donors (Lipinski definition) is 2. The van der Waals surface area contributed by atoms with Crippen LogP contribution in [0.5, 0.6) is 0 Å². The van der Waals surface area contributed by atoms with Crippen molar-refractivity contribution in [3.8, 4) is 0 Å². The van der Waals surface area contributed by atoms with Gasteiger partial charge in [0.2, 0.25) is 5.91 Å². The van der Waals surface area contributed by atoms with Gasteiger partial charge in [0.15, 0.2) is 0 Å². The third-order valence-corrected chi connectivity index (χ3v) is 2.71. The van der Waals surface area contributed by atoms with Gasteiger partial charge in [0.1, 0.15) is 0 Å². The van der Waals surface area contributed by atoms with E-state index in [1.165, 1.54) is 0 Å². The molecule has 0 radical (unpaired) electrons. The van der Waals surface area contributed by atoms with Crippen molar-refractivity contribution in [1.82, 2.24) is 5.32 Å². The highest BCUT2D eigenvalue weighted by molar-refractivity contribution is 5.82. The van der Waals surface area contributed by atoms with Crippen molar-refractivity contribution < 1.29 is 19.4 Å². The first-order valence-electron chi connectivity index (χ1n) is 5.60. The van der Waals surface area contributed by atoms with Crippen molar-refractivity contribution in [2.45, 2.75) is 32.7 Å². The predicted molar refractivity (Wildman–Crippen MR) is 57.9 cm³/mol. The van der Waals surface area contributed by atoms with Crippen LogP contribution in [0, 0.1) is 11.8 Å². The number of carbonyl (C=O) groups excluding carboxylic acids is 1. The second kappa shape index (κ2) is 5.84. The second-order valence-electron chi connectivity index (χ2n) is 4.49. The zero-order valence-electron chi connectivity index (χ0n) is 9.73. The fourth-order valence-electron chi connectivity index (χ4n) is 1.91. The van der Waals surface area contributed by atoms with E-state index in [1.54, 1.807) is 0 Å². The van der Waals surface area contributed by atoms with Gasteiger partial charge in [0, 0.05) is 19.1 Å². The zero-order valence-corrected chi connectivity index (χ0v) is 9.73. The highest BCUT2D eigenvalue weighted by Gasteiger charge is 2.32. The maximum Gasteiger partial charge on any atom is 0.307 e. The van der Waals surface area contributed by atoms with Gasteiger partial charge in [-0.2, -0.15) is 0 Å². The Morgan fingerprint density at radius 3 is 2.62 bits per heavy atom. The van der Waals surface area contributed by atoms with Gasteiger partial charge in [0.25, 0.3) is 0 Å². The molecule has 1 aliphatic heterocycles. The molecule has 1 rings (SSSR count). The smallest absolute Gasteiger partial charge is 0.307 e. The van der Waals surface area contributed by atoms with Crippen molar-refractivity contribution in [1.29, 1.82) is 0 Å². The molecule has 16 heavy (non-hydrogen) atoms. The van der Waals surface area contributed by atoms with Crippen LogP contribution in [0.25, 0.3) is 0 Å². The van der Waals surface area contributed by atoms with Gasteiger partial charge in [0.05, 0.1) is 12.5 Å². The molecule has 2 unspecified atom stereocenters. The van der Waals surface area contributed by atoms with E-state index in [0.29, 0.717) is 13.2 Å². The number of carbonyl (C=O) groups is 2. The minimum absolute atomic E-state index is 0.0320. The lowest BCUT2D eigenvalue weighted by molar-refractivity contribution is -0.146. The van der Waals surface area contributed by atoms with Crippen molar-refractivity contribution in [3.05, 3.63) is 0 Å². The van der Waals surface area contributed by atoms with Crippen molar-refractivity contribution in [2.24, 2.45) is 11.8 Å². The summed E-state index contributed by atoms with van der Waals surface area (Å²) in [6.07, 6.45) is 0.771. The fraction of sp³-hybridized carbons (Fsp3) is 0.818. The molecular weight excluding hydrogens is 210 g/mol. The molecule has 2 N–H and O–H groups in total. The van der Waals surface area contributed by atoms with Crippen LogP contribution < -0.4 is 5.32 Å². The molecule has 5 nitrogen and oxygen atoms in total. The number of aliphatic carboxylic acids is 1. The largest absolute Gasteiger partial charge is 0.481 e. The maximum atomic E-state index is 11.5. The first kappa shape index (κ1) is 13.0. The normalized spacial score (nSPS) is 22.1. The number of nitrogens with one attached hydrogen (secondary N) is 1. The number of carboxylic acids is 1. The third kappa shape index (κ3) is 3.81. The summed E-state index contributed by atoms with van der Waals surface area (Å²) < 4.78 is 5.16. The Balaban J connectivity index is 2.50. The average Bonchev–Trinajstić information content (AvgIpc) is 2.64. The van der Waals surface area contributed by atoms with Crippen LogP contribution in [0.3, 0.4) is 0 Å². The molecule has 5 heteroatoms. The highest BCUT2D eigenvalue weighted by Crippen LogP contribution is 2.25. The first-order chi connectivity index (χ1) is 7.50. The Bertz CT molecular complexity index is 259. The summed E-state index contributed by atoms with van der Waals surface area (Å²) in [4.78, 5) is 22.6. The van der Waals surface area contributed by atoms with Crippen molar-refractivity contribution in [3.63, 3.8) is 0 Å². The van der Waals surface area contributed by atoms with Crippen LogP contribution in [0.2, 0.25) is 0 Å². The Hall–Kier alpha value is -1.10. The summed E-state index contributed by atoms with van der Waals surface area (Å²) in [6.45, 7) is 4.75. The lowest BCUT2D eigenvalue weighted by atomic mass is 9.88. The summed E-state index contributed by atoms with van der Waals surface area (Å²) in [5.74, 6) is -1.76. The molecule has 1 aliphatic rings. The van der Waals surface area contributed by atoms with Crippen LogP contribution in [-0.2, 0) is 14.3 Å². The van der Waals surface area contributed by atoms with Crippen LogP contribution in [0.4, 0.5) is 0 Å². The molecule has 0 spiro atoms. The fourth-order valence-corrected chi connectivity index (χ4v) is 1.91. The van der Waals surface area contributed by atoms with Crippen LogP contribution in [0.15, 0.2) is 0 Å². The maximum absolute atomic E-state index is 11.5. The van der Waals surface area contributed by atoms with E-state index in [-0.39, 0.29) is 24.3 Å². The SMILES string of the molecule is CC(C)NC(=O)CC(C(=O)O)C1CCOC1. The lowest BCUT2D eigenvalue weighted by Gasteiger charge is -2.18. The average molecular weight is 229 g/mol. The molecule has 1 heterocycles.